The molecule has 0 atom stereocenters. The molecule has 1 aliphatic heterocycles. The number of nitrogens with zero attached hydrogens (tertiary/aromatic N) is 3. The average Bonchev–Trinajstić information content (AvgIpc) is 2.35. The lowest BCUT2D eigenvalue weighted by atomic mass is 10.0. The lowest BCUT2D eigenvalue weighted by molar-refractivity contribution is 0.741. The minimum Gasteiger partial charge on any atom is -0.274 e. The fraction of sp³-hybridized carbons (Fsp3) is 0.429. The molecular formula is C14H19N3. The van der Waals surface area contributed by atoms with Crippen molar-refractivity contribution in [3.63, 3.8) is 0 Å². The minimum atomic E-state index is 1.00. The van der Waals surface area contributed by atoms with Crippen molar-refractivity contribution in [2.24, 2.45) is 10.1 Å². The van der Waals surface area contributed by atoms with Crippen LogP contribution in [0.2, 0.25) is 0 Å². The van der Waals surface area contributed by atoms with Gasteiger partial charge in [0.2, 0.25) is 0 Å². The Morgan fingerprint density at radius 2 is 1.94 bits per heavy atom. The maximum atomic E-state index is 4.46. The van der Waals surface area contributed by atoms with Crippen molar-refractivity contribution in [2.75, 3.05) is 12.1 Å². The van der Waals surface area contributed by atoms with Gasteiger partial charge in [-0.1, -0.05) is 18.2 Å². The van der Waals surface area contributed by atoms with Gasteiger partial charge < -0.3 is 0 Å². The van der Waals surface area contributed by atoms with Crippen molar-refractivity contribution in [1.29, 1.82) is 0 Å². The van der Waals surface area contributed by atoms with E-state index in [1.807, 2.05) is 25.2 Å². The maximum Gasteiger partial charge on any atom is 0.125 e. The van der Waals surface area contributed by atoms with Crippen LogP contribution in [0.5, 0.6) is 0 Å². The number of hydrogen-bond donors (Lipinski definition) is 0. The van der Waals surface area contributed by atoms with Gasteiger partial charge in [-0.05, 0) is 37.8 Å². The van der Waals surface area contributed by atoms with Gasteiger partial charge in [-0.3, -0.25) is 4.99 Å². The van der Waals surface area contributed by atoms with Crippen molar-refractivity contribution in [3.8, 4) is 0 Å². The Morgan fingerprint density at radius 1 is 1.18 bits per heavy atom. The first-order valence-corrected chi connectivity index (χ1v) is 6.19. The number of hydrogen-bond acceptors (Lipinski definition) is 2. The lowest BCUT2D eigenvalue weighted by Gasteiger charge is -2.25. The van der Waals surface area contributed by atoms with Crippen LogP contribution in [0.4, 0.5) is 5.69 Å². The van der Waals surface area contributed by atoms with Crippen LogP contribution < -0.4 is 5.01 Å². The van der Waals surface area contributed by atoms with Gasteiger partial charge in [0.25, 0.3) is 0 Å². The van der Waals surface area contributed by atoms with Crippen molar-refractivity contribution in [1.82, 2.24) is 0 Å². The van der Waals surface area contributed by atoms with Gasteiger partial charge in [-0.25, -0.2) is 5.01 Å². The van der Waals surface area contributed by atoms with Crippen LogP contribution in [-0.4, -0.2) is 19.1 Å². The number of fused-ring (bicyclic) bond motifs is 1. The lowest BCUT2D eigenvalue weighted by Crippen LogP contribution is -2.27. The van der Waals surface area contributed by atoms with Crippen LogP contribution in [0.1, 0.15) is 31.7 Å². The Balaban J connectivity index is 2.48. The van der Waals surface area contributed by atoms with Crippen molar-refractivity contribution in [3.05, 3.63) is 29.8 Å². The van der Waals surface area contributed by atoms with Crippen LogP contribution in [0, 0.1) is 0 Å². The van der Waals surface area contributed by atoms with Crippen LogP contribution in [-0.2, 0) is 6.42 Å². The molecule has 1 aromatic rings. The van der Waals surface area contributed by atoms with E-state index in [2.05, 4.69) is 34.4 Å². The number of amidine groups is 1. The number of aliphatic imine (C=N–C) groups is 1. The molecule has 90 valence electrons. The number of hydrazone groups is 1. The number of anilines is 1. The van der Waals surface area contributed by atoms with Gasteiger partial charge in [0.1, 0.15) is 5.84 Å². The van der Waals surface area contributed by atoms with Crippen LogP contribution in [0.3, 0.4) is 0 Å². The largest absolute Gasteiger partial charge is 0.274 e. The summed E-state index contributed by atoms with van der Waals surface area (Å²) in [5, 5.41) is 6.44. The normalized spacial score (nSPS) is 19.2. The van der Waals surface area contributed by atoms with E-state index in [0.29, 0.717) is 0 Å². The predicted molar refractivity (Wildman–Crippen MR) is 74.0 cm³/mol. The molecule has 0 N–H and O–H groups in total. The summed E-state index contributed by atoms with van der Waals surface area (Å²) in [5.74, 6) is 1.05. The zero-order chi connectivity index (χ0) is 12.1. The van der Waals surface area contributed by atoms with Gasteiger partial charge in [0.05, 0.1) is 5.69 Å². The summed E-state index contributed by atoms with van der Waals surface area (Å²) in [6, 6.07) is 8.47. The molecule has 0 aromatic heterocycles. The molecule has 2 rings (SSSR count). The summed E-state index contributed by atoms with van der Waals surface area (Å²) >= 11 is 0. The molecule has 1 heterocycles. The molecule has 3 nitrogen and oxygen atoms in total. The third kappa shape index (κ3) is 2.54. The first-order chi connectivity index (χ1) is 8.36. The minimum absolute atomic E-state index is 1.00. The molecule has 17 heavy (non-hydrogen) atoms. The second-order valence-electron chi connectivity index (χ2n) is 4.16. The van der Waals surface area contributed by atoms with E-state index < -0.39 is 0 Å². The van der Waals surface area contributed by atoms with Crippen molar-refractivity contribution >= 4 is 17.7 Å². The first kappa shape index (κ1) is 11.8. The monoisotopic (exact) mass is 229 g/mol. The summed E-state index contributed by atoms with van der Waals surface area (Å²) in [7, 11) is 1.84. The molecular weight excluding hydrogens is 210 g/mol. The van der Waals surface area contributed by atoms with Crippen molar-refractivity contribution < 1.29 is 0 Å². The molecule has 0 bridgehead atoms. The molecule has 1 aliphatic rings. The molecule has 0 saturated heterocycles. The van der Waals surface area contributed by atoms with Crippen LogP contribution in [0.15, 0.2) is 34.4 Å². The predicted octanol–water partition coefficient (Wildman–Crippen LogP) is 3.25. The smallest absolute Gasteiger partial charge is 0.125 e. The standard InChI is InChI=1S/C14H19N3/c1-3-16-17-13-10-6-4-8-12(13)9-5-7-11-14(17)15-2/h3-4,6,8,10H,5,7,9,11H2,1-2H3/b15-14-,16-3-. The fourth-order valence-corrected chi connectivity index (χ4v) is 2.22. The van der Waals surface area contributed by atoms with E-state index in [1.165, 1.54) is 24.1 Å². The second kappa shape index (κ2) is 5.62. The quantitative estimate of drug-likeness (QED) is 0.679. The SMILES string of the molecule is C/C=N\N1/C(=N\C)CCCCc2ccccc21. The Hall–Kier alpha value is -1.64. The maximum absolute atomic E-state index is 4.46. The van der Waals surface area contributed by atoms with Gasteiger partial charge in [0, 0.05) is 19.7 Å². The molecule has 0 saturated carbocycles. The first-order valence-electron chi connectivity index (χ1n) is 6.19. The summed E-state index contributed by atoms with van der Waals surface area (Å²) in [6.45, 7) is 1.94. The van der Waals surface area contributed by atoms with Gasteiger partial charge in [-0.15, -0.1) is 0 Å². The van der Waals surface area contributed by atoms with Crippen molar-refractivity contribution in [2.45, 2.75) is 32.6 Å². The number of rotatable bonds is 1. The summed E-state index contributed by atoms with van der Waals surface area (Å²) < 4.78 is 0. The fourth-order valence-electron chi connectivity index (χ4n) is 2.22. The molecule has 3 heteroatoms. The van der Waals surface area contributed by atoms with E-state index in [9.17, 15) is 0 Å². The topological polar surface area (TPSA) is 28.0 Å². The number of aryl methyl sites for hydroxylation is 1. The van der Waals surface area contributed by atoms with Gasteiger partial charge in [-0.2, -0.15) is 5.10 Å². The third-order valence-electron chi connectivity index (χ3n) is 3.05. The highest BCUT2D eigenvalue weighted by atomic mass is 15.5. The van der Waals surface area contributed by atoms with Gasteiger partial charge in [0.15, 0.2) is 0 Å². The van der Waals surface area contributed by atoms with Crippen LogP contribution >= 0.6 is 0 Å². The van der Waals surface area contributed by atoms with Gasteiger partial charge >= 0.3 is 0 Å². The highest BCUT2D eigenvalue weighted by molar-refractivity contribution is 5.98. The Labute approximate surface area is 103 Å². The zero-order valence-corrected chi connectivity index (χ0v) is 10.6. The Morgan fingerprint density at radius 3 is 2.71 bits per heavy atom. The van der Waals surface area contributed by atoms with E-state index in [1.54, 1.807) is 0 Å². The van der Waals surface area contributed by atoms with E-state index in [0.717, 1.165) is 18.7 Å². The Bertz CT molecular complexity index is 435. The molecule has 0 spiro atoms. The molecule has 0 aliphatic carbocycles. The van der Waals surface area contributed by atoms with Crippen LogP contribution in [0.25, 0.3) is 0 Å². The average molecular weight is 229 g/mol. The highest BCUT2D eigenvalue weighted by Gasteiger charge is 2.17. The number of benzene rings is 1. The van der Waals surface area contributed by atoms with E-state index in [-0.39, 0.29) is 0 Å². The molecule has 0 fully saturated rings. The molecule has 0 radical (unpaired) electrons. The summed E-state index contributed by atoms with van der Waals surface area (Å²) in [4.78, 5) is 4.38. The second-order valence-corrected chi connectivity index (χ2v) is 4.16. The summed E-state index contributed by atoms with van der Waals surface area (Å²) in [5.41, 5.74) is 2.53. The van der Waals surface area contributed by atoms with E-state index in [4.69, 9.17) is 0 Å². The summed E-state index contributed by atoms with van der Waals surface area (Å²) in [6.07, 6.45) is 6.35. The third-order valence-corrected chi connectivity index (χ3v) is 3.05. The van der Waals surface area contributed by atoms with E-state index >= 15 is 0 Å². The Kier molecular flexibility index (Phi) is 3.91. The molecule has 0 amide bonds. The molecule has 0 unspecified atom stereocenters. The number of para-hydroxylation sites is 1. The molecule has 1 aromatic carbocycles. The zero-order valence-electron chi connectivity index (χ0n) is 10.6. The highest BCUT2D eigenvalue weighted by Crippen LogP contribution is 2.26.